The fourth-order valence-electron chi connectivity index (χ4n) is 1.03. The summed E-state index contributed by atoms with van der Waals surface area (Å²) in [5.41, 5.74) is -1.40. The van der Waals surface area contributed by atoms with Gasteiger partial charge in [0, 0.05) is 0 Å². The molecule has 0 aliphatic carbocycles. The molecule has 0 heterocycles. The molecule has 0 spiro atoms. The number of aromatic carboxylic acids is 1. The second-order valence-electron chi connectivity index (χ2n) is 4.30. The number of carboxylic acids is 1. The average Bonchev–Trinajstić information content (AvgIpc) is 2.48. The molecule has 0 bridgehead atoms. The lowest BCUT2D eigenvalue weighted by Crippen LogP contribution is -2.37. The minimum Gasteiger partial charge on any atom is -0.504 e. The van der Waals surface area contributed by atoms with E-state index in [2.05, 4.69) is 0 Å². The Morgan fingerprint density at radius 1 is 0.857 bits per heavy atom. The summed E-state index contributed by atoms with van der Waals surface area (Å²) in [6.45, 7) is -1.62. The molecule has 0 saturated carbocycles. The lowest BCUT2D eigenvalue weighted by Gasteiger charge is -2.23. The second-order valence-corrected chi connectivity index (χ2v) is 4.30. The Kier molecular flexibility index (Phi) is 7.45. The lowest BCUT2D eigenvalue weighted by molar-refractivity contribution is -0.0328. The van der Waals surface area contributed by atoms with E-state index in [1.165, 1.54) is 0 Å². The normalized spacial score (nSPS) is 10.7. The van der Waals surface area contributed by atoms with Crippen LogP contribution in [0.3, 0.4) is 0 Å². The maximum Gasteiger partial charge on any atom is 0.335 e. The predicted octanol–water partition coefficient (Wildman–Crippen LogP) is -1.56. The van der Waals surface area contributed by atoms with Gasteiger partial charge in [-0.15, -0.1) is 0 Å². The number of carbonyl (C=O) groups is 1. The molecule has 8 N–H and O–H groups in total. The Bertz CT molecular complexity index is 427. The van der Waals surface area contributed by atoms with Gasteiger partial charge in [-0.2, -0.15) is 0 Å². The Hall–Kier alpha value is -2.07. The standard InChI is InChI=1S/C7H6O5.C5H12O4/c8-4-1-3(7(11)12)2-5(9)6(4)10;6-1-5(2-7,3-8)4-9/h1-2,8-10H,(H,11,12);6-9H,1-4H2. The third-order valence-electron chi connectivity index (χ3n) is 2.66. The summed E-state index contributed by atoms with van der Waals surface area (Å²) in [6.07, 6.45) is 0. The highest BCUT2D eigenvalue weighted by Crippen LogP contribution is 2.35. The van der Waals surface area contributed by atoms with Crippen LogP contribution in [0.5, 0.6) is 17.2 Å². The van der Waals surface area contributed by atoms with Crippen LogP contribution in [0.1, 0.15) is 10.4 Å². The topological polar surface area (TPSA) is 179 Å². The van der Waals surface area contributed by atoms with E-state index in [-0.39, 0.29) is 5.56 Å². The van der Waals surface area contributed by atoms with Crippen molar-refractivity contribution < 1.29 is 45.6 Å². The second kappa shape index (κ2) is 8.27. The summed E-state index contributed by atoms with van der Waals surface area (Å²) in [5.74, 6) is -3.33. The lowest BCUT2D eigenvalue weighted by atomic mass is 9.93. The molecule has 0 aromatic heterocycles. The zero-order valence-corrected chi connectivity index (χ0v) is 11.0. The SMILES string of the molecule is O=C(O)c1cc(O)c(O)c(O)c1.OCC(CO)(CO)CO. The number of hydrogen-bond acceptors (Lipinski definition) is 8. The molecular formula is C12H18O9. The molecule has 0 aliphatic rings. The van der Waals surface area contributed by atoms with E-state index < -0.39 is 55.1 Å². The quantitative estimate of drug-likeness (QED) is 0.299. The van der Waals surface area contributed by atoms with E-state index in [4.69, 9.17) is 40.9 Å². The van der Waals surface area contributed by atoms with E-state index in [9.17, 15) is 4.79 Å². The minimum absolute atomic E-state index is 0.289. The Morgan fingerprint density at radius 3 is 1.38 bits per heavy atom. The van der Waals surface area contributed by atoms with Crippen LogP contribution >= 0.6 is 0 Å². The van der Waals surface area contributed by atoms with Gasteiger partial charge in [-0.25, -0.2) is 4.79 Å². The number of aromatic hydroxyl groups is 3. The summed E-state index contributed by atoms with van der Waals surface area (Å²) in [5, 5.41) is 68.9. The van der Waals surface area contributed by atoms with Crippen molar-refractivity contribution in [3.8, 4) is 17.2 Å². The van der Waals surface area contributed by atoms with Gasteiger partial charge in [-0.05, 0) is 12.1 Å². The minimum atomic E-state index is -1.29. The Balaban J connectivity index is 0.000000400. The molecular weight excluding hydrogens is 288 g/mol. The molecule has 9 nitrogen and oxygen atoms in total. The van der Waals surface area contributed by atoms with Crippen LogP contribution in [0, 0.1) is 5.41 Å². The smallest absolute Gasteiger partial charge is 0.335 e. The molecule has 9 heteroatoms. The van der Waals surface area contributed by atoms with Gasteiger partial charge in [0.1, 0.15) is 0 Å². The average molecular weight is 306 g/mol. The van der Waals surface area contributed by atoms with Crippen LogP contribution in [-0.2, 0) is 0 Å². The van der Waals surface area contributed by atoms with Gasteiger partial charge in [0.25, 0.3) is 0 Å². The molecule has 0 atom stereocenters. The van der Waals surface area contributed by atoms with Gasteiger partial charge in [0.2, 0.25) is 0 Å². The molecule has 0 unspecified atom stereocenters. The fourth-order valence-corrected chi connectivity index (χ4v) is 1.03. The Morgan fingerprint density at radius 2 is 1.19 bits per heavy atom. The van der Waals surface area contributed by atoms with Crippen LogP contribution in [0.2, 0.25) is 0 Å². The van der Waals surface area contributed by atoms with Crippen LogP contribution in [0.25, 0.3) is 0 Å². The molecule has 0 aliphatic heterocycles. The van der Waals surface area contributed by atoms with E-state index in [0.29, 0.717) is 0 Å². The number of phenols is 3. The first-order valence-corrected chi connectivity index (χ1v) is 5.68. The van der Waals surface area contributed by atoms with Gasteiger partial charge >= 0.3 is 5.97 Å². The van der Waals surface area contributed by atoms with Crippen molar-refractivity contribution >= 4 is 5.97 Å². The molecule has 0 saturated heterocycles. The monoisotopic (exact) mass is 306 g/mol. The summed E-state index contributed by atoms with van der Waals surface area (Å²) < 4.78 is 0. The van der Waals surface area contributed by atoms with E-state index in [1.807, 2.05) is 0 Å². The van der Waals surface area contributed by atoms with Gasteiger partial charge < -0.3 is 40.9 Å². The number of phenolic OH excluding ortho intramolecular Hbond substituents is 3. The first kappa shape index (κ1) is 18.9. The van der Waals surface area contributed by atoms with Gasteiger partial charge in [-0.1, -0.05) is 0 Å². The number of aliphatic hydroxyl groups is 4. The van der Waals surface area contributed by atoms with Gasteiger partial charge in [0.15, 0.2) is 17.2 Å². The van der Waals surface area contributed by atoms with E-state index >= 15 is 0 Å². The zero-order chi connectivity index (χ0) is 16.6. The number of rotatable bonds is 5. The summed E-state index contributed by atoms with van der Waals surface area (Å²) in [6, 6.07) is 1.69. The maximum atomic E-state index is 10.3. The number of carboxylic acid groups (broad SMARTS) is 1. The number of hydrogen-bond donors (Lipinski definition) is 8. The molecule has 0 amide bonds. The summed E-state index contributed by atoms with van der Waals surface area (Å²) >= 11 is 0. The third-order valence-corrected chi connectivity index (χ3v) is 2.66. The van der Waals surface area contributed by atoms with Gasteiger partial charge in [-0.3, -0.25) is 0 Å². The van der Waals surface area contributed by atoms with Crippen LogP contribution in [0.15, 0.2) is 12.1 Å². The van der Waals surface area contributed by atoms with Crippen molar-refractivity contribution in [3.63, 3.8) is 0 Å². The van der Waals surface area contributed by atoms with Crippen molar-refractivity contribution in [2.75, 3.05) is 26.4 Å². The van der Waals surface area contributed by atoms with Crippen molar-refractivity contribution in [3.05, 3.63) is 17.7 Å². The van der Waals surface area contributed by atoms with Gasteiger partial charge in [0.05, 0.1) is 37.4 Å². The first-order chi connectivity index (χ1) is 9.76. The Labute approximate surface area is 119 Å². The number of aliphatic hydroxyl groups excluding tert-OH is 4. The highest BCUT2D eigenvalue weighted by molar-refractivity contribution is 5.89. The van der Waals surface area contributed by atoms with Crippen molar-refractivity contribution in [1.29, 1.82) is 0 Å². The van der Waals surface area contributed by atoms with Crippen LogP contribution < -0.4 is 0 Å². The third kappa shape index (κ3) is 5.08. The van der Waals surface area contributed by atoms with Crippen molar-refractivity contribution in [2.24, 2.45) is 5.41 Å². The molecule has 1 rings (SSSR count). The molecule has 120 valence electrons. The predicted molar refractivity (Wildman–Crippen MR) is 69.2 cm³/mol. The fraction of sp³-hybridized carbons (Fsp3) is 0.417. The zero-order valence-electron chi connectivity index (χ0n) is 11.0. The first-order valence-electron chi connectivity index (χ1n) is 5.68. The molecule has 0 radical (unpaired) electrons. The van der Waals surface area contributed by atoms with Crippen molar-refractivity contribution in [1.82, 2.24) is 0 Å². The van der Waals surface area contributed by atoms with E-state index in [1.54, 1.807) is 0 Å². The summed E-state index contributed by atoms with van der Waals surface area (Å²) in [4.78, 5) is 10.3. The van der Waals surface area contributed by atoms with E-state index in [0.717, 1.165) is 12.1 Å². The maximum absolute atomic E-state index is 10.3. The van der Waals surface area contributed by atoms with Crippen LogP contribution in [-0.4, -0.2) is 73.2 Å². The molecule has 1 aromatic carbocycles. The molecule has 1 aromatic rings. The summed E-state index contributed by atoms with van der Waals surface area (Å²) in [7, 11) is 0. The largest absolute Gasteiger partial charge is 0.504 e. The molecule has 0 fully saturated rings. The van der Waals surface area contributed by atoms with Crippen molar-refractivity contribution in [2.45, 2.75) is 0 Å². The highest BCUT2D eigenvalue weighted by Gasteiger charge is 2.26. The highest BCUT2D eigenvalue weighted by atomic mass is 16.4. The molecule has 21 heavy (non-hydrogen) atoms. The number of benzene rings is 1. The van der Waals surface area contributed by atoms with Crippen LogP contribution in [0.4, 0.5) is 0 Å².